The molecule has 0 spiro atoms. The number of fused-ring (bicyclic) bond motifs is 2. The van der Waals surface area contributed by atoms with Crippen molar-refractivity contribution >= 4 is 46.0 Å². The molecule has 1 amide bonds. The second kappa shape index (κ2) is 13.8. The van der Waals surface area contributed by atoms with Crippen molar-refractivity contribution in [3.63, 3.8) is 0 Å². The quantitative estimate of drug-likeness (QED) is 0.233. The first-order valence-corrected chi connectivity index (χ1v) is 16.6. The number of nitrogens with one attached hydrogen (secondary N) is 2. The number of carbonyl (C=O) groups excluding carboxylic acids is 1. The number of piperazine rings is 1. The predicted molar refractivity (Wildman–Crippen MR) is 175 cm³/mol. The van der Waals surface area contributed by atoms with Gasteiger partial charge in [0, 0.05) is 43.5 Å². The monoisotopic (exact) mass is 656 g/mol. The zero-order chi connectivity index (χ0) is 30.8. The van der Waals surface area contributed by atoms with Crippen LogP contribution < -0.4 is 20.1 Å². The van der Waals surface area contributed by atoms with E-state index in [1.165, 1.54) is 0 Å². The zero-order valence-electron chi connectivity index (χ0n) is 25.3. The molecule has 44 heavy (non-hydrogen) atoms. The predicted octanol–water partition coefficient (Wildman–Crippen LogP) is 5.95. The lowest BCUT2D eigenvalue weighted by atomic mass is 9.86. The summed E-state index contributed by atoms with van der Waals surface area (Å²) in [7, 11) is 1.69. The molecule has 1 saturated carbocycles. The number of nitrogens with zero attached hydrogens (tertiary/aromatic N) is 2. The van der Waals surface area contributed by atoms with Crippen molar-refractivity contribution in [3.05, 3.63) is 78.7 Å². The minimum atomic E-state index is -0.0444. The zero-order valence-corrected chi connectivity index (χ0v) is 27.6. The molecule has 1 unspecified atom stereocenters. The number of thiazole rings is 1. The molecule has 2 atom stereocenters. The van der Waals surface area contributed by atoms with Gasteiger partial charge in [-0.3, -0.25) is 4.79 Å². The Morgan fingerprint density at radius 2 is 1.93 bits per heavy atom. The molecule has 2 aromatic carbocycles. The number of halogens is 2. The summed E-state index contributed by atoms with van der Waals surface area (Å²) < 4.78 is 17.2. The van der Waals surface area contributed by atoms with Gasteiger partial charge in [-0.15, -0.1) is 11.3 Å². The summed E-state index contributed by atoms with van der Waals surface area (Å²) in [5, 5.41) is 9.06. The van der Waals surface area contributed by atoms with Crippen molar-refractivity contribution in [1.29, 1.82) is 0 Å². The Bertz CT molecular complexity index is 1530. The number of aryl methyl sites for hydroxylation is 1. The van der Waals surface area contributed by atoms with Gasteiger partial charge in [-0.25, -0.2) is 4.98 Å². The number of benzene rings is 2. The van der Waals surface area contributed by atoms with Gasteiger partial charge in [0.1, 0.15) is 17.4 Å². The molecular weight excluding hydrogens is 619 g/mol. The average molecular weight is 658 g/mol. The van der Waals surface area contributed by atoms with E-state index in [0.29, 0.717) is 42.2 Å². The molecule has 1 saturated heterocycles. The minimum Gasteiger partial charge on any atom is -0.496 e. The maximum absolute atomic E-state index is 14.5. The van der Waals surface area contributed by atoms with E-state index in [1.54, 1.807) is 18.4 Å². The van der Waals surface area contributed by atoms with Gasteiger partial charge in [-0.2, -0.15) is 0 Å². The van der Waals surface area contributed by atoms with Crippen LogP contribution in [0.1, 0.15) is 45.8 Å². The van der Waals surface area contributed by atoms with Crippen molar-refractivity contribution in [1.82, 2.24) is 20.5 Å². The fourth-order valence-electron chi connectivity index (χ4n) is 6.05. The summed E-state index contributed by atoms with van der Waals surface area (Å²) in [4.78, 5) is 22.2. The average Bonchev–Trinajstić information content (AvgIpc) is 3.73. The standard InChI is InChI=1S/C33H38Cl2N4O4S/c1-19-11-25(34)32(26(35)12-19)43-10-9-42-18-30-37-16-29(44-30)24-13-22-14-36-15-27(38-22)31(24)33(40)39(23-7-8-23)17-21-5-4-6-28(41-3)20(21)2/h4-6,11-12,16,22-23,27,36,38H,7-10,13-15,17-18H2,1-3H3/t22?,27-/m1/s1. The van der Waals surface area contributed by atoms with Crippen LogP contribution in [0, 0.1) is 13.8 Å². The summed E-state index contributed by atoms with van der Waals surface area (Å²) in [6.45, 7) is 7.19. The number of amides is 1. The van der Waals surface area contributed by atoms with Crippen LogP contribution in [0.5, 0.6) is 11.5 Å². The van der Waals surface area contributed by atoms with Gasteiger partial charge in [-0.1, -0.05) is 35.3 Å². The highest BCUT2D eigenvalue weighted by Gasteiger charge is 2.41. The molecule has 234 valence electrons. The first-order valence-electron chi connectivity index (χ1n) is 15.1. The molecular formula is C33H38Cl2N4O4S. The number of carbonyl (C=O) groups is 1. The van der Waals surface area contributed by atoms with Crippen molar-refractivity contribution in [2.45, 2.75) is 64.4 Å². The Kier molecular flexibility index (Phi) is 9.80. The summed E-state index contributed by atoms with van der Waals surface area (Å²) in [5.41, 5.74) is 5.13. The van der Waals surface area contributed by atoms with Crippen molar-refractivity contribution in [3.8, 4) is 11.5 Å². The van der Waals surface area contributed by atoms with Gasteiger partial charge in [0.2, 0.25) is 0 Å². The first-order chi connectivity index (χ1) is 21.3. The SMILES string of the molecule is COc1cccc(CN(C(=O)C2=C(c3cnc(COCCOc4c(Cl)cc(C)cc4Cl)s3)CC3CNC[C@H]2N3)C2CC2)c1C. The summed E-state index contributed by atoms with van der Waals surface area (Å²) in [6.07, 6.45) is 4.74. The summed E-state index contributed by atoms with van der Waals surface area (Å²) in [5.74, 6) is 1.43. The largest absolute Gasteiger partial charge is 0.496 e. The minimum absolute atomic E-state index is 0.0444. The highest BCUT2D eigenvalue weighted by atomic mass is 35.5. The van der Waals surface area contributed by atoms with Crippen LogP contribution in [0.15, 0.2) is 42.1 Å². The molecule has 3 heterocycles. The molecule has 2 bridgehead atoms. The molecule has 2 N–H and O–H groups in total. The highest BCUT2D eigenvalue weighted by molar-refractivity contribution is 7.12. The Hall–Kier alpha value is -2.66. The molecule has 11 heteroatoms. The van der Waals surface area contributed by atoms with Crippen LogP contribution in [0.4, 0.5) is 0 Å². The summed E-state index contributed by atoms with van der Waals surface area (Å²) >= 11 is 14.2. The van der Waals surface area contributed by atoms with E-state index in [4.69, 9.17) is 37.4 Å². The van der Waals surface area contributed by atoms with Gasteiger partial charge < -0.3 is 29.7 Å². The lowest BCUT2D eigenvalue weighted by Crippen LogP contribution is -2.59. The molecule has 2 aliphatic heterocycles. The van der Waals surface area contributed by atoms with Crippen molar-refractivity contribution < 1.29 is 19.0 Å². The van der Waals surface area contributed by atoms with Gasteiger partial charge >= 0.3 is 0 Å². The second-order valence-corrected chi connectivity index (χ2v) is 13.6. The van der Waals surface area contributed by atoms with Crippen LogP contribution in [0.3, 0.4) is 0 Å². The van der Waals surface area contributed by atoms with Crippen LogP contribution >= 0.6 is 34.5 Å². The van der Waals surface area contributed by atoms with Crippen molar-refractivity contribution in [2.75, 3.05) is 33.4 Å². The third-order valence-electron chi connectivity index (χ3n) is 8.43. The Morgan fingerprint density at radius 1 is 1.14 bits per heavy atom. The Morgan fingerprint density at radius 3 is 2.68 bits per heavy atom. The van der Waals surface area contributed by atoms with Crippen LogP contribution in [0.2, 0.25) is 10.0 Å². The number of aromatic nitrogens is 1. The highest BCUT2D eigenvalue weighted by Crippen LogP contribution is 2.39. The van der Waals surface area contributed by atoms with E-state index in [-0.39, 0.29) is 24.0 Å². The fraction of sp³-hybridized carbons (Fsp3) is 0.455. The molecule has 6 rings (SSSR count). The number of methoxy groups -OCH3 is 1. The molecule has 8 nitrogen and oxygen atoms in total. The lowest BCUT2D eigenvalue weighted by Gasteiger charge is -2.40. The molecule has 2 fully saturated rings. The lowest BCUT2D eigenvalue weighted by molar-refractivity contribution is -0.128. The number of ether oxygens (including phenoxy) is 3. The van der Waals surface area contributed by atoms with E-state index >= 15 is 0 Å². The number of rotatable bonds is 12. The van der Waals surface area contributed by atoms with E-state index in [2.05, 4.69) is 33.5 Å². The smallest absolute Gasteiger partial charge is 0.252 e. The van der Waals surface area contributed by atoms with E-state index < -0.39 is 0 Å². The van der Waals surface area contributed by atoms with Crippen LogP contribution in [-0.4, -0.2) is 67.3 Å². The van der Waals surface area contributed by atoms with Gasteiger partial charge in [-0.05, 0) is 73.6 Å². The second-order valence-electron chi connectivity index (χ2n) is 11.7. The Labute approximate surface area is 272 Å². The maximum atomic E-state index is 14.5. The third-order valence-corrected chi connectivity index (χ3v) is 10.0. The number of hydrogen-bond donors (Lipinski definition) is 2. The molecule has 0 radical (unpaired) electrons. The molecule has 3 aliphatic rings. The third kappa shape index (κ3) is 6.93. The maximum Gasteiger partial charge on any atom is 0.252 e. The fourth-order valence-corrected chi connectivity index (χ4v) is 7.67. The molecule has 1 aliphatic carbocycles. The summed E-state index contributed by atoms with van der Waals surface area (Å²) in [6, 6.07) is 10.2. The van der Waals surface area contributed by atoms with Gasteiger partial charge in [0.15, 0.2) is 5.75 Å². The normalized spacial score (nSPS) is 19.7. The molecule has 1 aromatic heterocycles. The van der Waals surface area contributed by atoms with Crippen LogP contribution in [-0.2, 0) is 22.7 Å². The van der Waals surface area contributed by atoms with Gasteiger partial charge in [0.25, 0.3) is 5.91 Å². The molecule has 3 aromatic rings. The number of hydrogen-bond acceptors (Lipinski definition) is 8. The van der Waals surface area contributed by atoms with E-state index in [9.17, 15) is 4.79 Å². The van der Waals surface area contributed by atoms with Gasteiger partial charge in [0.05, 0.1) is 41.3 Å². The topological polar surface area (TPSA) is 85.0 Å². The first kappa shape index (κ1) is 31.3. The van der Waals surface area contributed by atoms with Crippen molar-refractivity contribution in [2.24, 2.45) is 0 Å². The van der Waals surface area contributed by atoms with Crippen LogP contribution in [0.25, 0.3) is 5.57 Å². The Balaban J connectivity index is 1.17. The van der Waals surface area contributed by atoms with E-state index in [1.807, 2.05) is 37.4 Å². The van der Waals surface area contributed by atoms with E-state index in [0.717, 1.165) is 75.8 Å².